The van der Waals surface area contributed by atoms with Crippen LogP contribution in [-0.4, -0.2) is 14.2 Å². The molecule has 2 nitrogen and oxygen atoms in total. The molecule has 0 heterocycles. The van der Waals surface area contributed by atoms with Crippen LogP contribution in [0.2, 0.25) is 0 Å². The quantitative estimate of drug-likeness (QED) is 0.738. The average Bonchev–Trinajstić information content (AvgIpc) is 2.04. The summed E-state index contributed by atoms with van der Waals surface area (Å²) in [6, 6.07) is 4.97. The second-order valence-corrected chi connectivity index (χ2v) is 4.37. The molecule has 0 spiro atoms. The van der Waals surface area contributed by atoms with Crippen LogP contribution >= 0.6 is 0 Å². The minimum atomic E-state index is -4.45. The van der Waals surface area contributed by atoms with Crippen LogP contribution in [0.3, 0.4) is 0 Å². The van der Waals surface area contributed by atoms with Crippen LogP contribution in [0.25, 0.3) is 0 Å². The first-order chi connectivity index (χ1) is 5.94. The van der Waals surface area contributed by atoms with Gasteiger partial charge in [0.1, 0.15) is 0 Å². The van der Waals surface area contributed by atoms with Gasteiger partial charge in [-0.25, -0.2) is 8.42 Å². The Morgan fingerprint density at radius 3 is 2.00 bits per heavy atom. The predicted molar refractivity (Wildman–Crippen MR) is 44.1 cm³/mol. The molecule has 0 aliphatic heterocycles. The lowest BCUT2D eigenvalue weighted by atomic mass is 10.2. The van der Waals surface area contributed by atoms with E-state index in [0.29, 0.717) is 5.56 Å². The first-order valence-corrected chi connectivity index (χ1v) is 4.93. The predicted octanol–water partition coefficient (Wildman–Crippen LogP) is 1.87. The fourth-order valence-electron chi connectivity index (χ4n) is 0.782. The van der Waals surface area contributed by atoms with Crippen LogP contribution < -0.4 is 0 Å². The summed E-state index contributed by atoms with van der Waals surface area (Å²) in [5.41, 5.74) is 0.577. The number of halogens is 2. The standard InChI is InChI=1S/C8H7F2O2S/c1-6-2-4-7(5-3-6)13(11,12)8(9)10/h2-5,8H,1H2. The van der Waals surface area contributed by atoms with Gasteiger partial charge in [-0.2, -0.15) is 8.78 Å². The van der Waals surface area contributed by atoms with E-state index >= 15 is 0 Å². The zero-order chi connectivity index (χ0) is 10.1. The van der Waals surface area contributed by atoms with Gasteiger partial charge in [0.05, 0.1) is 4.90 Å². The number of hydrogen-bond donors (Lipinski definition) is 0. The summed E-state index contributed by atoms with van der Waals surface area (Å²) in [6.07, 6.45) is 0. The smallest absolute Gasteiger partial charge is 0.218 e. The van der Waals surface area contributed by atoms with Crippen molar-refractivity contribution < 1.29 is 17.2 Å². The van der Waals surface area contributed by atoms with Crippen molar-refractivity contribution in [3.63, 3.8) is 0 Å². The maximum Gasteiger partial charge on any atom is 0.341 e. The monoisotopic (exact) mass is 205 g/mol. The van der Waals surface area contributed by atoms with E-state index in [1.54, 1.807) is 0 Å². The Morgan fingerprint density at radius 2 is 1.62 bits per heavy atom. The lowest BCUT2D eigenvalue weighted by molar-refractivity contribution is 0.234. The lowest BCUT2D eigenvalue weighted by Crippen LogP contribution is -2.11. The molecule has 0 aliphatic rings. The first-order valence-electron chi connectivity index (χ1n) is 3.38. The van der Waals surface area contributed by atoms with Crippen molar-refractivity contribution in [2.24, 2.45) is 0 Å². The van der Waals surface area contributed by atoms with Crippen molar-refractivity contribution in [3.8, 4) is 0 Å². The topological polar surface area (TPSA) is 34.1 Å². The second kappa shape index (κ2) is 3.41. The van der Waals surface area contributed by atoms with Crippen LogP contribution in [0.5, 0.6) is 0 Å². The molecular formula is C8H7F2O2S. The third-order valence-corrected chi connectivity index (χ3v) is 2.88. The largest absolute Gasteiger partial charge is 0.341 e. The summed E-state index contributed by atoms with van der Waals surface area (Å²) < 4.78 is 45.7. The Bertz CT molecular complexity index is 381. The van der Waals surface area contributed by atoms with Gasteiger partial charge in [-0.05, 0) is 24.6 Å². The van der Waals surface area contributed by atoms with Crippen molar-refractivity contribution in [1.29, 1.82) is 0 Å². The highest BCUT2D eigenvalue weighted by Crippen LogP contribution is 2.17. The van der Waals surface area contributed by atoms with E-state index in [4.69, 9.17) is 0 Å². The fraction of sp³-hybridized carbons (Fsp3) is 0.125. The van der Waals surface area contributed by atoms with Crippen LogP contribution in [0, 0.1) is 6.92 Å². The summed E-state index contributed by atoms with van der Waals surface area (Å²) in [4.78, 5) is -0.380. The molecule has 1 radical (unpaired) electrons. The van der Waals surface area contributed by atoms with E-state index in [9.17, 15) is 17.2 Å². The van der Waals surface area contributed by atoms with Gasteiger partial charge < -0.3 is 0 Å². The molecule has 0 saturated carbocycles. The Labute approximate surface area is 75.1 Å². The molecule has 13 heavy (non-hydrogen) atoms. The van der Waals surface area contributed by atoms with Crippen molar-refractivity contribution in [2.45, 2.75) is 10.7 Å². The van der Waals surface area contributed by atoms with Crippen LogP contribution in [0.15, 0.2) is 29.2 Å². The average molecular weight is 205 g/mol. The molecule has 0 N–H and O–H groups in total. The normalized spacial score (nSPS) is 12.0. The summed E-state index contributed by atoms with van der Waals surface area (Å²) in [5, 5.41) is 0. The summed E-state index contributed by atoms with van der Waals surface area (Å²) in [5.74, 6) is -3.37. The molecule has 0 unspecified atom stereocenters. The molecule has 0 saturated heterocycles. The van der Waals surface area contributed by atoms with E-state index in [1.807, 2.05) is 0 Å². The van der Waals surface area contributed by atoms with Gasteiger partial charge in [0.2, 0.25) is 9.84 Å². The molecular weight excluding hydrogens is 198 g/mol. The number of alkyl halides is 2. The van der Waals surface area contributed by atoms with Gasteiger partial charge in [-0.1, -0.05) is 12.1 Å². The molecule has 0 amide bonds. The van der Waals surface area contributed by atoms with Gasteiger partial charge in [-0.15, -0.1) is 0 Å². The van der Waals surface area contributed by atoms with Crippen molar-refractivity contribution >= 4 is 9.84 Å². The fourth-order valence-corrected chi connectivity index (χ4v) is 1.50. The van der Waals surface area contributed by atoms with E-state index < -0.39 is 15.6 Å². The Balaban J connectivity index is 3.17. The van der Waals surface area contributed by atoms with Crippen molar-refractivity contribution in [3.05, 3.63) is 36.8 Å². The van der Waals surface area contributed by atoms with Crippen LogP contribution in [0.1, 0.15) is 5.56 Å². The highest BCUT2D eigenvalue weighted by molar-refractivity contribution is 7.91. The zero-order valence-electron chi connectivity index (χ0n) is 6.57. The molecule has 0 bridgehead atoms. The molecule has 0 atom stereocenters. The van der Waals surface area contributed by atoms with Crippen molar-refractivity contribution in [2.75, 3.05) is 0 Å². The van der Waals surface area contributed by atoms with E-state index in [0.717, 1.165) is 12.1 Å². The highest BCUT2D eigenvalue weighted by atomic mass is 32.2. The number of rotatable bonds is 2. The van der Waals surface area contributed by atoms with Crippen molar-refractivity contribution in [1.82, 2.24) is 0 Å². The number of hydrogen-bond acceptors (Lipinski definition) is 2. The molecule has 0 aromatic heterocycles. The minimum Gasteiger partial charge on any atom is -0.218 e. The third-order valence-electron chi connectivity index (χ3n) is 1.49. The van der Waals surface area contributed by atoms with E-state index in [2.05, 4.69) is 6.92 Å². The van der Waals surface area contributed by atoms with Gasteiger partial charge >= 0.3 is 5.76 Å². The minimum absolute atomic E-state index is 0.380. The maximum atomic E-state index is 12.0. The molecule has 1 aromatic rings. The lowest BCUT2D eigenvalue weighted by Gasteiger charge is -2.02. The highest BCUT2D eigenvalue weighted by Gasteiger charge is 2.25. The van der Waals surface area contributed by atoms with Gasteiger partial charge in [0.15, 0.2) is 0 Å². The van der Waals surface area contributed by atoms with E-state index in [-0.39, 0.29) is 4.90 Å². The first kappa shape index (κ1) is 10.1. The van der Waals surface area contributed by atoms with Crippen LogP contribution in [0.4, 0.5) is 8.78 Å². The Kier molecular flexibility index (Phi) is 2.66. The van der Waals surface area contributed by atoms with E-state index in [1.165, 1.54) is 12.1 Å². The third kappa shape index (κ3) is 2.03. The summed E-state index contributed by atoms with van der Waals surface area (Å²) in [6.45, 7) is 3.51. The zero-order valence-corrected chi connectivity index (χ0v) is 7.39. The molecule has 1 aromatic carbocycles. The molecule has 0 aliphatic carbocycles. The number of benzene rings is 1. The SMILES string of the molecule is [CH2]c1ccc(S(=O)(=O)C(F)F)cc1. The Morgan fingerprint density at radius 1 is 1.15 bits per heavy atom. The maximum absolute atomic E-state index is 12.0. The van der Waals surface area contributed by atoms with Gasteiger partial charge in [0, 0.05) is 0 Å². The molecule has 0 fully saturated rings. The molecule has 71 valence electrons. The molecule has 1 rings (SSSR count). The van der Waals surface area contributed by atoms with Gasteiger partial charge in [-0.3, -0.25) is 0 Å². The van der Waals surface area contributed by atoms with Gasteiger partial charge in [0.25, 0.3) is 0 Å². The summed E-state index contributed by atoms with van der Waals surface area (Å²) >= 11 is 0. The number of sulfone groups is 1. The molecule has 5 heteroatoms. The van der Waals surface area contributed by atoms with Crippen LogP contribution in [-0.2, 0) is 9.84 Å². The summed E-state index contributed by atoms with van der Waals surface area (Å²) in [7, 11) is -4.45. The second-order valence-electron chi connectivity index (χ2n) is 2.45. The Hall–Kier alpha value is -0.970.